The minimum atomic E-state index is -4.33. The van der Waals surface area contributed by atoms with Crippen molar-refractivity contribution in [2.45, 2.75) is 31.5 Å². The minimum Gasteiger partial charge on any atom is -0.382 e. The fourth-order valence-electron chi connectivity index (χ4n) is 2.45. The molecule has 0 saturated carbocycles. The van der Waals surface area contributed by atoms with Crippen LogP contribution >= 0.6 is 15.9 Å². The molecule has 0 aliphatic carbocycles. The Morgan fingerprint density at radius 1 is 1.25 bits per heavy atom. The first-order valence-corrected chi connectivity index (χ1v) is 7.47. The average Bonchev–Trinajstić information content (AvgIpc) is 2.55. The second-order valence-electron chi connectivity index (χ2n) is 5.27. The molecule has 1 N–H and O–H groups in total. The van der Waals surface area contributed by atoms with Crippen LogP contribution in [0.1, 0.15) is 24.8 Å². The molecule has 112 valence electrons. The topological polar surface area (TPSA) is 15.3 Å². The first kappa shape index (κ1) is 15.6. The van der Waals surface area contributed by atoms with Crippen molar-refractivity contribution in [2.75, 3.05) is 25.5 Å². The summed E-state index contributed by atoms with van der Waals surface area (Å²) in [7, 11) is 2.07. The summed E-state index contributed by atoms with van der Waals surface area (Å²) in [5.74, 6) is 0. The second-order valence-corrected chi connectivity index (χ2v) is 6.12. The molecule has 0 bridgehead atoms. The molecule has 1 heterocycles. The van der Waals surface area contributed by atoms with E-state index >= 15 is 0 Å². The number of likely N-dealkylation sites (tertiary alicyclic amines) is 1. The largest absolute Gasteiger partial charge is 0.417 e. The Bertz CT molecular complexity index is 462. The van der Waals surface area contributed by atoms with Crippen molar-refractivity contribution in [1.29, 1.82) is 0 Å². The molecule has 1 aliphatic rings. The molecule has 1 aromatic rings. The molecule has 0 radical (unpaired) electrons. The second kappa shape index (κ2) is 6.35. The van der Waals surface area contributed by atoms with Crippen molar-refractivity contribution < 1.29 is 13.2 Å². The summed E-state index contributed by atoms with van der Waals surface area (Å²) in [6.45, 7) is 2.02. The maximum atomic E-state index is 12.9. The first-order valence-electron chi connectivity index (χ1n) is 6.68. The predicted molar refractivity (Wildman–Crippen MR) is 77.9 cm³/mol. The van der Waals surface area contributed by atoms with Gasteiger partial charge in [-0.1, -0.05) is 15.9 Å². The molecule has 1 atom stereocenters. The van der Waals surface area contributed by atoms with E-state index in [1.54, 1.807) is 6.07 Å². The third-order valence-corrected chi connectivity index (χ3v) is 4.29. The molecule has 1 aliphatic heterocycles. The smallest absolute Gasteiger partial charge is 0.382 e. The van der Waals surface area contributed by atoms with Gasteiger partial charge in [0.1, 0.15) is 0 Å². The van der Waals surface area contributed by atoms with Gasteiger partial charge < -0.3 is 10.2 Å². The van der Waals surface area contributed by atoms with Gasteiger partial charge in [0.05, 0.1) is 5.56 Å². The quantitative estimate of drug-likeness (QED) is 0.852. The van der Waals surface area contributed by atoms with Crippen molar-refractivity contribution in [3.63, 3.8) is 0 Å². The van der Waals surface area contributed by atoms with Crippen molar-refractivity contribution >= 4 is 21.6 Å². The van der Waals surface area contributed by atoms with Gasteiger partial charge in [0.25, 0.3) is 0 Å². The van der Waals surface area contributed by atoms with Gasteiger partial charge in [0.2, 0.25) is 0 Å². The summed E-state index contributed by atoms with van der Waals surface area (Å²) < 4.78 is 38.7. The molecular formula is C14H18BrF3N2. The van der Waals surface area contributed by atoms with Crippen LogP contribution in [0.5, 0.6) is 0 Å². The molecule has 0 aromatic heterocycles. The highest BCUT2D eigenvalue weighted by molar-refractivity contribution is 9.10. The zero-order chi connectivity index (χ0) is 14.8. The Morgan fingerprint density at radius 3 is 2.70 bits per heavy atom. The summed E-state index contributed by atoms with van der Waals surface area (Å²) in [6, 6.07) is 4.56. The van der Waals surface area contributed by atoms with Crippen LogP contribution in [-0.2, 0) is 6.18 Å². The summed E-state index contributed by atoms with van der Waals surface area (Å²) in [5.41, 5.74) is -0.0941. The number of benzene rings is 1. The Labute approximate surface area is 125 Å². The van der Waals surface area contributed by atoms with Gasteiger partial charge in [-0.3, -0.25) is 0 Å². The van der Waals surface area contributed by atoms with Gasteiger partial charge >= 0.3 is 6.18 Å². The SMILES string of the molecule is CN1CCCC(Nc2ccc(Br)c(C(F)(F)F)c2)CC1. The standard InChI is InChI=1S/C14H18BrF3N2/c1-20-7-2-3-10(6-8-20)19-11-4-5-13(15)12(9-11)14(16,17)18/h4-5,9-10,19H,2-3,6-8H2,1H3. The molecule has 0 spiro atoms. The van der Waals surface area contributed by atoms with E-state index in [9.17, 15) is 13.2 Å². The van der Waals surface area contributed by atoms with E-state index in [-0.39, 0.29) is 10.5 Å². The molecule has 1 aromatic carbocycles. The van der Waals surface area contributed by atoms with Crippen LogP contribution in [0.3, 0.4) is 0 Å². The van der Waals surface area contributed by atoms with E-state index in [0.29, 0.717) is 5.69 Å². The third-order valence-electron chi connectivity index (χ3n) is 3.59. The highest BCUT2D eigenvalue weighted by Gasteiger charge is 2.33. The van der Waals surface area contributed by atoms with Crippen LogP contribution in [0.2, 0.25) is 0 Å². The summed E-state index contributed by atoms with van der Waals surface area (Å²) in [4.78, 5) is 2.25. The number of rotatable bonds is 2. The lowest BCUT2D eigenvalue weighted by Gasteiger charge is -2.19. The molecule has 0 amide bonds. The molecule has 20 heavy (non-hydrogen) atoms. The monoisotopic (exact) mass is 350 g/mol. The average molecular weight is 351 g/mol. The lowest BCUT2D eigenvalue weighted by molar-refractivity contribution is -0.138. The highest BCUT2D eigenvalue weighted by atomic mass is 79.9. The number of hydrogen-bond acceptors (Lipinski definition) is 2. The number of anilines is 1. The maximum absolute atomic E-state index is 12.9. The third kappa shape index (κ3) is 4.12. The van der Waals surface area contributed by atoms with Crippen molar-refractivity contribution in [1.82, 2.24) is 4.90 Å². The Kier molecular flexibility index (Phi) is 4.96. The first-order chi connectivity index (χ1) is 9.36. The normalized spacial score (nSPS) is 21.6. The zero-order valence-corrected chi connectivity index (χ0v) is 12.9. The van der Waals surface area contributed by atoms with Crippen LogP contribution < -0.4 is 5.32 Å². The molecule has 6 heteroatoms. The van der Waals surface area contributed by atoms with E-state index in [4.69, 9.17) is 0 Å². The van der Waals surface area contributed by atoms with Crippen molar-refractivity contribution in [3.8, 4) is 0 Å². The number of alkyl halides is 3. The lowest BCUT2D eigenvalue weighted by Crippen LogP contribution is -2.23. The summed E-state index contributed by atoms with van der Waals surface area (Å²) in [5, 5.41) is 3.23. The maximum Gasteiger partial charge on any atom is 0.417 e. The molecule has 1 unspecified atom stereocenters. The van der Waals surface area contributed by atoms with E-state index in [0.717, 1.165) is 32.4 Å². The van der Waals surface area contributed by atoms with Crippen LogP contribution in [0, 0.1) is 0 Å². The van der Waals surface area contributed by atoms with Gasteiger partial charge in [0.15, 0.2) is 0 Å². The van der Waals surface area contributed by atoms with E-state index in [1.165, 1.54) is 12.1 Å². The Balaban J connectivity index is 2.10. The zero-order valence-electron chi connectivity index (χ0n) is 11.3. The highest BCUT2D eigenvalue weighted by Crippen LogP contribution is 2.36. The fraction of sp³-hybridized carbons (Fsp3) is 0.571. The van der Waals surface area contributed by atoms with Crippen LogP contribution in [-0.4, -0.2) is 31.1 Å². The minimum absolute atomic E-state index is 0.0798. The van der Waals surface area contributed by atoms with E-state index < -0.39 is 11.7 Å². The van der Waals surface area contributed by atoms with Gasteiger partial charge in [-0.2, -0.15) is 13.2 Å². The molecule has 2 rings (SSSR count). The number of nitrogens with one attached hydrogen (secondary N) is 1. The van der Waals surface area contributed by atoms with Crippen LogP contribution in [0.4, 0.5) is 18.9 Å². The summed E-state index contributed by atoms with van der Waals surface area (Å²) in [6.07, 6.45) is -1.33. The van der Waals surface area contributed by atoms with Crippen LogP contribution in [0.15, 0.2) is 22.7 Å². The van der Waals surface area contributed by atoms with E-state index in [2.05, 4.69) is 33.2 Å². The Hall–Kier alpha value is -0.750. The fourth-order valence-corrected chi connectivity index (χ4v) is 2.92. The molecule has 2 nitrogen and oxygen atoms in total. The van der Waals surface area contributed by atoms with Gasteiger partial charge in [-0.05, 0) is 57.6 Å². The number of nitrogens with zero attached hydrogens (tertiary/aromatic N) is 1. The Morgan fingerprint density at radius 2 is 2.00 bits per heavy atom. The van der Waals surface area contributed by atoms with Crippen molar-refractivity contribution in [2.24, 2.45) is 0 Å². The van der Waals surface area contributed by atoms with E-state index in [1.807, 2.05) is 0 Å². The van der Waals surface area contributed by atoms with Gasteiger partial charge in [0, 0.05) is 16.2 Å². The van der Waals surface area contributed by atoms with Crippen molar-refractivity contribution in [3.05, 3.63) is 28.2 Å². The van der Waals surface area contributed by atoms with Gasteiger partial charge in [-0.15, -0.1) is 0 Å². The number of hydrogen-bond donors (Lipinski definition) is 1. The predicted octanol–water partition coefficient (Wildman–Crippen LogP) is 4.36. The lowest BCUT2D eigenvalue weighted by atomic mass is 10.1. The summed E-state index contributed by atoms with van der Waals surface area (Å²) >= 11 is 2.96. The molecular weight excluding hydrogens is 333 g/mol. The number of halogens is 4. The van der Waals surface area contributed by atoms with Crippen LogP contribution in [0.25, 0.3) is 0 Å². The molecule has 1 saturated heterocycles. The molecule has 1 fully saturated rings. The van der Waals surface area contributed by atoms with Gasteiger partial charge in [-0.25, -0.2) is 0 Å².